The fourth-order valence-electron chi connectivity index (χ4n) is 3.08. The number of nitrogens with one attached hydrogen (secondary N) is 2. The highest BCUT2D eigenvalue weighted by Gasteiger charge is 2.17. The maximum Gasteiger partial charge on any atom is 0.255 e. The first-order valence-electron chi connectivity index (χ1n) is 10.5. The Labute approximate surface area is 191 Å². The van der Waals surface area contributed by atoms with Crippen LogP contribution >= 0.6 is 11.6 Å². The molecule has 0 spiro atoms. The van der Waals surface area contributed by atoms with E-state index in [1.165, 1.54) is 6.07 Å². The number of ether oxygens (including phenoxy) is 2. The van der Waals surface area contributed by atoms with E-state index in [-0.39, 0.29) is 11.5 Å². The molecule has 0 unspecified atom stereocenters. The largest absolute Gasteiger partial charge is 0.490 e. The lowest BCUT2D eigenvalue weighted by atomic mass is 10.1. The van der Waals surface area contributed by atoms with Crippen molar-refractivity contribution in [3.63, 3.8) is 0 Å². The van der Waals surface area contributed by atoms with Gasteiger partial charge in [0, 0.05) is 28.6 Å². The SMILES string of the molecule is CCCCOc1c(Cl)cc(C(=O)Nc2cccc(-c3nc(C)cc(=O)[nH]3)c2)cc1OCC. The van der Waals surface area contributed by atoms with Gasteiger partial charge in [0.1, 0.15) is 5.82 Å². The number of aromatic amines is 1. The molecule has 3 rings (SSSR count). The maximum atomic E-state index is 12.9. The monoisotopic (exact) mass is 455 g/mol. The molecule has 1 amide bonds. The average Bonchev–Trinajstić information content (AvgIpc) is 2.75. The van der Waals surface area contributed by atoms with Gasteiger partial charge in [0.25, 0.3) is 11.5 Å². The summed E-state index contributed by atoms with van der Waals surface area (Å²) in [4.78, 5) is 31.7. The number of carbonyl (C=O) groups is 1. The third-order valence-electron chi connectivity index (χ3n) is 4.58. The van der Waals surface area contributed by atoms with Crippen molar-refractivity contribution in [3.8, 4) is 22.9 Å². The van der Waals surface area contributed by atoms with Gasteiger partial charge in [0.05, 0.1) is 18.2 Å². The van der Waals surface area contributed by atoms with Gasteiger partial charge in [-0.2, -0.15) is 0 Å². The summed E-state index contributed by atoms with van der Waals surface area (Å²) in [6.45, 7) is 6.60. The van der Waals surface area contributed by atoms with Crippen molar-refractivity contribution >= 4 is 23.2 Å². The van der Waals surface area contributed by atoms with E-state index in [4.69, 9.17) is 21.1 Å². The lowest BCUT2D eigenvalue weighted by Gasteiger charge is -2.15. The van der Waals surface area contributed by atoms with Crippen molar-refractivity contribution in [2.75, 3.05) is 18.5 Å². The minimum absolute atomic E-state index is 0.235. The fraction of sp³-hybridized carbons (Fsp3) is 0.292. The predicted molar refractivity (Wildman–Crippen MR) is 126 cm³/mol. The summed E-state index contributed by atoms with van der Waals surface area (Å²) in [6, 6.07) is 11.7. The van der Waals surface area contributed by atoms with E-state index in [1.807, 2.05) is 6.92 Å². The molecule has 0 bridgehead atoms. The standard InChI is InChI=1S/C24H26ClN3O4/c1-4-6-10-32-22-19(25)13-17(14-20(22)31-5-2)24(30)27-18-9-7-8-16(12-18)23-26-15(3)11-21(29)28-23/h7-9,11-14H,4-6,10H2,1-3H3,(H,27,30)(H,26,28,29). The van der Waals surface area contributed by atoms with E-state index in [2.05, 4.69) is 22.2 Å². The van der Waals surface area contributed by atoms with E-state index < -0.39 is 0 Å². The first-order valence-corrected chi connectivity index (χ1v) is 10.9. The number of rotatable bonds is 9. The Morgan fingerprint density at radius 3 is 2.69 bits per heavy atom. The van der Waals surface area contributed by atoms with Crippen LogP contribution in [0.3, 0.4) is 0 Å². The number of aryl methyl sites for hydroxylation is 1. The zero-order valence-corrected chi connectivity index (χ0v) is 19.1. The lowest BCUT2D eigenvalue weighted by Crippen LogP contribution is -2.13. The number of benzene rings is 2. The Hall–Kier alpha value is -3.32. The van der Waals surface area contributed by atoms with E-state index in [0.717, 1.165) is 12.8 Å². The van der Waals surface area contributed by atoms with Crippen LogP contribution in [0.5, 0.6) is 11.5 Å². The van der Waals surface area contributed by atoms with Crippen molar-refractivity contribution in [1.82, 2.24) is 9.97 Å². The summed E-state index contributed by atoms with van der Waals surface area (Å²) in [5, 5.41) is 3.16. The van der Waals surface area contributed by atoms with Gasteiger partial charge in [-0.3, -0.25) is 9.59 Å². The number of aromatic nitrogens is 2. The number of anilines is 1. The highest BCUT2D eigenvalue weighted by atomic mass is 35.5. The zero-order valence-electron chi connectivity index (χ0n) is 18.3. The summed E-state index contributed by atoms with van der Waals surface area (Å²) in [7, 11) is 0. The van der Waals surface area contributed by atoms with Crippen LogP contribution in [0.4, 0.5) is 5.69 Å². The second-order valence-corrected chi connectivity index (χ2v) is 7.60. The van der Waals surface area contributed by atoms with Crippen LogP contribution in [0.25, 0.3) is 11.4 Å². The summed E-state index contributed by atoms with van der Waals surface area (Å²) in [5.74, 6) is 0.948. The number of unbranched alkanes of at least 4 members (excludes halogenated alkanes) is 1. The third-order valence-corrected chi connectivity index (χ3v) is 4.86. The van der Waals surface area contributed by atoms with Crippen LogP contribution in [0.15, 0.2) is 47.3 Å². The summed E-state index contributed by atoms with van der Waals surface area (Å²) >= 11 is 6.40. The highest BCUT2D eigenvalue weighted by Crippen LogP contribution is 2.37. The Morgan fingerprint density at radius 2 is 1.97 bits per heavy atom. The number of carbonyl (C=O) groups excluding carboxylic acids is 1. The molecule has 0 atom stereocenters. The van der Waals surface area contributed by atoms with Crippen molar-refractivity contribution in [3.05, 3.63) is 69.1 Å². The molecule has 0 saturated carbocycles. The lowest BCUT2D eigenvalue weighted by molar-refractivity contribution is 0.102. The van der Waals surface area contributed by atoms with Crippen LogP contribution < -0.4 is 20.3 Å². The van der Waals surface area contributed by atoms with E-state index >= 15 is 0 Å². The minimum Gasteiger partial charge on any atom is -0.490 e. The third kappa shape index (κ3) is 5.88. The van der Waals surface area contributed by atoms with E-state index in [0.29, 0.717) is 58.1 Å². The Kier molecular flexibility index (Phi) is 7.89. The summed E-state index contributed by atoms with van der Waals surface area (Å²) < 4.78 is 11.4. The molecule has 7 nitrogen and oxygen atoms in total. The second kappa shape index (κ2) is 10.8. The Bertz CT molecular complexity index is 1160. The molecule has 0 saturated heterocycles. The first-order chi connectivity index (χ1) is 15.4. The average molecular weight is 456 g/mol. The topological polar surface area (TPSA) is 93.3 Å². The van der Waals surface area contributed by atoms with Crippen molar-refractivity contribution in [1.29, 1.82) is 0 Å². The van der Waals surface area contributed by atoms with Gasteiger partial charge in [-0.05, 0) is 44.5 Å². The molecule has 8 heteroatoms. The Morgan fingerprint density at radius 1 is 1.16 bits per heavy atom. The maximum absolute atomic E-state index is 12.9. The molecule has 1 aromatic heterocycles. The van der Waals surface area contributed by atoms with Gasteiger partial charge in [0.15, 0.2) is 11.5 Å². The normalized spacial score (nSPS) is 10.6. The Balaban J connectivity index is 1.84. The zero-order chi connectivity index (χ0) is 23.1. The van der Waals surface area contributed by atoms with Gasteiger partial charge in [-0.15, -0.1) is 0 Å². The molecule has 1 heterocycles. The molecule has 0 aliphatic heterocycles. The van der Waals surface area contributed by atoms with Crippen LogP contribution in [-0.4, -0.2) is 29.1 Å². The van der Waals surface area contributed by atoms with Crippen LogP contribution in [0.1, 0.15) is 42.7 Å². The molecule has 0 fully saturated rings. The first kappa shape index (κ1) is 23.3. The van der Waals surface area contributed by atoms with Gasteiger partial charge in [-0.25, -0.2) is 4.98 Å². The predicted octanol–water partition coefficient (Wildman–Crippen LogP) is 5.23. The summed E-state index contributed by atoms with van der Waals surface area (Å²) in [5.41, 5.74) is 1.94. The van der Waals surface area contributed by atoms with Crippen LogP contribution in [0.2, 0.25) is 5.02 Å². The molecule has 0 radical (unpaired) electrons. The highest BCUT2D eigenvalue weighted by molar-refractivity contribution is 6.32. The van der Waals surface area contributed by atoms with Crippen LogP contribution in [0, 0.1) is 6.92 Å². The number of amides is 1. The van der Waals surface area contributed by atoms with Gasteiger partial charge in [0.2, 0.25) is 0 Å². The molecule has 2 N–H and O–H groups in total. The van der Waals surface area contributed by atoms with E-state index in [1.54, 1.807) is 43.3 Å². The van der Waals surface area contributed by atoms with Gasteiger partial charge >= 0.3 is 0 Å². The fourth-order valence-corrected chi connectivity index (χ4v) is 3.35. The minimum atomic E-state index is -0.351. The quantitative estimate of drug-likeness (QED) is 0.431. The molecule has 0 aliphatic rings. The van der Waals surface area contributed by atoms with Crippen molar-refractivity contribution in [2.45, 2.75) is 33.6 Å². The molecule has 168 valence electrons. The molecular formula is C24H26ClN3O4. The second-order valence-electron chi connectivity index (χ2n) is 7.19. The number of hydrogen-bond donors (Lipinski definition) is 2. The molecule has 2 aromatic carbocycles. The molecule has 0 aliphatic carbocycles. The van der Waals surface area contributed by atoms with Gasteiger partial charge in [-0.1, -0.05) is 37.1 Å². The van der Waals surface area contributed by atoms with Crippen LogP contribution in [-0.2, 0) is 0 Å². The van der Waals surface area contributed by atoms with Gasteiger partial charge < -0.3 is 19.8 Å². The number of hydrogen-bond acceptors (Lipinski definition) is 5. The molecular weight excluding hydrogens is 430 g/mol. The number of H-pyrrole nitrogens is 1. The molecule has 3 aromatic rings. The number of nitrogens with zero attached hydrogens (tertiary/aromatic N) is 1. The van der Waals surface area contributed by atoms with E-state index in [9.17, 15) is 9.59 Å². The summed E-state index contributed by atoms with van der Waals surface area (Å²) in [6.07, 6.45) is 1.88. The van der Waals surface area contributed by atoms with Crippen molar-refractivity contribution < 1.29 is 14.3 Å². The molecule has 32 heavy (non-hydrogen) atoms. The number of halogens is 1. The smallest absolute Gasteiger partial charge is 0.255 e. The van der Waals surface area contributed by atoms with Crippen molar-refractivity contribution in [2.24, 2.45) is 0 Å².